The topological polar surface area (TPSA) is 33.5 Å². The van der Waals surface area contributed by atoms with E-state index in [4.69, 9.17) is 9.97 Å². The van der Waals surface area contributed by atoms with Gasteiger partial charge in [0.15, 0.2) is 11.4 Å². The summed E-state index contributed by atoms with van der Waals surface area (Å²) in [4.78, 5) is 10.7. The Hall–Kier alpha value is -3.48. The van der Waals surface area contributed by atoms with Crippen molar-refractivity contribution in [3.8, 4) is 0 Å². The van der Waals surface area contributed by atoms with Crippen LogP contribution in [-0.2, 0) is 25.9 Å². The molecule has 4 aromatic heterocycles. The Balaban J connectivity index is 0.00000151. The highest BCUT2D eigenvalue weighted by Crippen LogP contribution is 2.46. The molecular weight excluding hydrogens is 636 g/mol. The van der Waals surface area contributed by atoms with Gasteiger partial charge in [0.2, 0.25) is 0 Å². The molecule has 0 fully saturated rings. The van der Waals surface area contributed by atoms with Crippen LogP contribution in [0.1, 0.15) is 51.9 Å². The van der Waals surface area contributed by atoms with Crippen LogP contribution in [0.2, 0.25) is 0 Å². The van der Waals surface area contributed by atoms with Crippen LogP contribution in [0.5, 0.6) is 0 Å². The van der Waals surface area contributed by atoms with Gasteiger partial charge in [-0.1, -0.05) is 60.7 Å². The van der Waals surface area contributed by atoms with Crippen molar-refractivity contribution < 1.29 is 43.1 Å². The largest absolute Gasteiger partial charge is 1.00 e. The molecule has 2 bridgehead atoms. The standard InChI is InChI=1S/C35H30N4.2BrH/c1-3-9-24(10-4-1)22-38-15-7-13-26-17-28-19-31-21-30(32(28)36-34(26)38)20-29-18-27-14-8-16-39(35(27)37-33(29)31)23-25-11-5-2-6-12-25;;/h1-18,30-31H,19-23H2;2*1H/q+2;;/p-2/t30-,31-;;/m0../s1. The summed E-state index contributed by atoms with van der Waals surface area (Å²) in [5.74, 6) is 0.890. The average molecular weight is 666 g/mol. The van der Waals surface area contributed by atoms with E-state index < -0.39 is 0 Å². The minimum Gasteiger partial charge on any atom is -1.00 e. The van der Waals surface area contributed by atoms with Gasteiger partial charge in [-0.05, 0) is 76.8 Å². The predicted molar refractivity (Wildman–Crippen MR) is 152 cm³/mol. The first kappa shape index (κ1) is 27.7. The van der Waals surface area contributed by atoms with Gasteiger partial charge in [-0.2, -0.15) is 0 Å². The highest BCUT2D eigenvalue weighted by molar-refractivity contribution is 5.75. The van der Waals surface area contributed by atoms with E-state index in [-0.39, 0.29) is 34.0 Å². The molecule has 0 saturated heterocycles. The molecule has 0 unspecified atom stereocenters. The van der Waals surface area contributed by atoms with E-state index >= 15 is 0 Å². The molecule has 4 heterocycles. The fourth-order valence-electron chi connectivity index (χ4n) is 6.81. The third kappa shape index (κ3) is 5.08. The molecule has 2 aromatic carbocycles. The van der Waals surface area contributed by atoms with E-state index in [9.17, 15) is 0 Å². The van der Waals surface area contributed by atoms with Gasteiger partial charge in [0, 0.05) is 23.0 Å². The summed E-state index contributed by atoms with van der Waals surface area (Å²) in [5.41, 5.74) is 10.2. The maximum absolute atomic E-state index is 5.37. The van der Waals surface area contributed by atoms with E-state index in [0.717, 1.165) is 43.6 Å². The monoisotopic (exact) mass is 664 g/mol. The van der Waals surface area contributed by atoms with E-state index in [0.29, 0.717) is 11.8 Å². The smallest absolute Gasteiger partial charge is 0.330 e. The summed E-state index contributed by atoms with van der Waals surface area (Å²) in [6.45, 7) is 1.66. The Bertz CT molecular complexity index is 1720. The van der Waals surface area contributed by atoms with Crippen molar-refractivity contribution in [3.05, 3.63) is 143 Å². The van der Waals surface area contributed by atoms with Crippen LogP contribution in [0.3, 0.4) is 0 Å². The Kier molecular flexibility index (Phi) is 7.71. The highest BCUT2D eigenvalue weighted by Gasteiger charge is 2.41. The van der Waals surface area contributed by atoms with Crippen molar-refractivity contribution in [2.75, 3.05) is 0 Å². The first-order valence-corrected chi connectivity index (χ1v) is 14.0. The number of nitrogens with zero attached hydrogens (tertiary/aromatic N) is 4. The van der Waals surface area contributed by atoms with Crippen LogP contribution >= 0.6 is 0 Å². The minimum atomic E-state index is 0. The van der Waals surface area contributed by atoms with Crippen LogP contribution < -0.4 is 43.1 Å². The summed E-state index contributed by atoms with van der Waals surface area (Å²) in [5, 5.41) is 2.44. The second-order valence-corrected chi connectivity index (χ2v) is 11.2. The summed E-state index contributed by atoms with van der Waals surface area (Å²) in [7, 11) is 0. The quantitative estimate of drug-likeness (QED) is 0.245. The molecule has 0 N–H and O–H groups in total. The van der Waals surface area contributed by atoms with Gasteiger partial charge in [0.05, 0.1) is 23.2 Å². The van der Waals surface area contributed by atoms with E-state index in [1.165, 1.54) is 44.4 Å². The van der Waals surface area contributed by atoms with Crippen molar-refractivity contribution >= 4 is 22.1 Å². The van der Waals surface area contributed by atoms with Crippen molar-refractivity contribution in [2.45, 2.75) is 44.2 Å². The Morgan fingerprint density at radius 1 is 0.561 bits per heavy atom. The zero-order valence-corrected chi connectivity index (χ0v) is 25.8. The number of aromatic nitrogens is 4. The summed E-state index contributed by atoms with van der Waals surface area (Å²) in [6.07, 6.45) is 7.49. The predicted octanol–water partition coefficient (Wildman–Crippen LogP) is -0.168. The molecule has 0 radical (unpaired) electrons. The molecule has 204 valence electrons. The average Bonchev–Trinajstić information content (AvgIpc) is 2.97. The maximum atomic E-state index is 5.37. The zero-order valence-electron chi connectivity index (χ0n) is 22.6. The number of fused-ring (bicyclic) bond motifs is 8. The number of pyridine rings is 4. The lowest BCUT2D eigenvalue weighted by Gasteiger charge is -2.32. The Labute approximate surface area is 261 Å². The zero-order chi connectivity index (χ0) is 25.8. The second-order valence-electron chi connectivity index (χ2n) is 11.2. The molecule has 0 amide bonds. The van der Waals surface area contributed by atoms with Gasteiger partial charge in [-0.25, -0.2) is 9.13 Å². The lowest BCUT2D eigenvalue weighted by atomic mass is 9.70. The number of rotatable bonds is 4. The molecular formula is C35H30Br2N4. The van der Waals surface area contributed by atoms with Gasteiger partial charge < -0.3 is 34.0 Å². The lowest BCUT2D eigenvalue weighted by molar-refractivity contribution is -0.664. The number of benzene rings is 2. The fraction of sp³-hybridized carbons (Fsp3) is 0.200. The molecule has 8 rings (SSSR count). The SMILES string of the molecule is [Br-].[Br-].c1ccc(C[n+]2cccc3cc4c(nc32)[C@H]2Cc3cc5ccc[n+](Cc6ccccc6)c5nc3[C@@H](C4)C2)cc1. The summed E-state index contributed by atoms with van der Waals surface area (Å²) >= 11 is 0. The normalized spacial score (nSPS) is 16.8. The van der Waals surface area contributed by atoms with Gasteiger partial charge in [-0.15, -0.1) is 0 Å². The van der Waals surface area contributed by atoms with Gasteiger partial charge in [0.25, 0.3) is 0 Å². The molecule has 0 saturated carbocycles. The molecule has 0 spiro atoms. The molecule has 2 aliphatic carbocycles. The van der Waals surface area contributed by atoms with Crippen LogP contribution in [-0.4, -0.2) is 9.97 Å². The summed E-state index contributed by atoms with van der Waals surface area (Å²) in [6, 6.07) is 34.9. The van der Waals surface area contributed by atoms with Crippen LogP contribution in [0, 0.1) is 0 Å². The third-order valence-electron chi connectivity index (χ3n) is 8.58. The molecule has 6 heteroatoms. The van der Waals surface area contributed by atoms with Crippen LogP contribution in [0.4, 0.5) is 0 Å². The molecule has 41 heavy (non-hydrogen) atoms. The van der Waals surface area contributed by atoms with Crippen LogP contribution in [0.15, 0.2) is 109 Å². The first-order valence-electron chi connectivity index (χ1n) is 14.0. The van der Waals surface area contributed by atoms with Crippen molar-refractivity contribution in [1.29, 1.82) is 0 Å². The van der Waals surface area contributed by atoms with Gasteiger partial charge >= 0.3 is 11.3 Å². The number of hydrogen-bond donors (Lipinski definition) is 0. The van der Waals surface area contributed by atoms with Gasteiger partial charge in [0.1, 0.15) is 13.1 Å². The second kappa shape index (κ2) is 11.4. The minimum absolute atomic E-state index is 0. The van der Waals surface area contributed by atoms with Crippen molar-refractivity contribution in [1.82, 2.24) is 9.97 Å². The third-order valence-corrected chi connectivity index (χ3v) is 8.58. The molecule has 4 nitrogen and oxygen atoms in total. The molecule has 2 atom stereocenters. The fourth-order valence-corrected chi connectivity index (χ4v) is 6.81. The highest BCUT2D eigenvalue weighted by atomic mass is 79.9. The summed E-state index contributed by atoms with van der Waals surface area (Å²) < 4.78 is 4.60. The van der Waals surface area contributed by atoms with E-state index in [1.807, 2.05) is 0 Å². The van der Waals surface area contributed by atoms with E-state index in [2.05, 4.69) is 119 Å². The lowest BCUT2D eigenvalue weighted by Crippen LogP contribution is -3.00. The van der Waals surface area contributed by atoms with E-state index in [1.54, 1.807) is 0 Å². The number of halogens is 2. The van der Waals surface area contributed by atoms with Gasteiger partial charge in [-0.3, -0.25) is 0 Å². The Morgan fingerprint density at radius 2 is 1.00 bits per heavy atom. The van der Waals surface area contributed by atoms with Crippen molar-refractivity contribution in [3.63, 3.8) is 0 Å². The first-order chi connectivity index (χ1) is 19.3. The van der Waals surface area contributed by atoms with Crippen LogP contribution in [0.25, 0.3) is 22.1 Å². The maximum Gasteiger partial charge on any atom is 0.330 e. The Morgan fingerprint density at radius 3 is 1.44 bits per heavy atom. The molecule has 0 aliphatic heterocycles. The van der Waals surface area contributed by atoms with Crippen molar-refractivity contribution in [2.24, 2.45) is 0 Å². The molecule has 6 aromatic rings. The number of hydrogen-bond acceptors (Lipinski definition) is 2. The molecule has 2 aliphatic rings.